The van der Waals surface area contributed by atoms with Gasteiger partial charge in [-0.3, -0.25) is 14.4 Å². The quantitative estimate of drug-likeness (QED) is 0.0293. The SMILES string of the molecule is CC/C=C\CC=CC/C=C\C/C=C\C/C=C\C/C=C\CCC(=O)N[C@H](CCCCC(=O)OC(CO)CO)NC(=O)/C=C/C(=O)OCC. The van der Waals surface area contributed by atoms with Crippen molar-refractivity contribution in [2.45, 2.75) is 103 Å². The summed E-state index contributed by atoms with van der Waals surface area (Å²) in [7, 11) is 0. The second-order valence-electron chi connectivity index (χ2n) is 10.4. The van der Waals surface area contributed by atoms with Crippen molar-refractivity contribution in [3.8, 4) is 0 Å². The Hall–Kier alpha value is -4.02. The molecule has 0 aliphatic heterocycles. The Kier molecular flexibility index (Phi) is 29.2. The predicted octanol–water partition coefficient (Wildman–Crippen LogP) is 5.60. The molecule has 0 bridgehead atoms. The summed E-state index contributed by atoms with van der Waals surface area (Å²) >= 11 is 0. The molecule has 10 heteroatoms. The number of nitrogens with one attached hydrogen (secondary N) is 2. The Balaban J connectivity index is 4.49. The lowest BCUT2D eigenvalue weighted by molar-refractivity contribution is -0.153. The van der Waals surface area contributed by atoms with Crippen LogP contribution in [0.5, 0.6) is 0 Å². The maximum Gasteiger partial charge on any atom is 0.330 e. The van der Waals surface area contributed by atoms with E-state index in [0.29, 0.717) is 25.7 Å². The fraction of sp³-hybridized carbons (Fsp3) is 0.514. The van der Waals surface area contributed by atoms with Gasteiger partial charge in [-0.25, -0.2) is 4.79 Å². The summed E-state index contributed by atoms with van der Waals surface area (Å²) < 4.78 is 9.71. The predicted molar refractivity (Wildman–Crippen MR) is 186 cm³/mol. The van der Waals surface area contributed by atoms with Gasteiger partial charge in [0.25, 0.3) is 0 Å². The van der Waals surface area contributed by atoms with Gasteiger partial charge in [0.15, 0.2) is 0 Å². The number of amides is 2. The van der Waals surface area contributed by atoms with Gasteiger partial charge >= 0.3 is 11.9 Å². The van der Waals surface area contributed by atoms with E-state index in [0.717, 1.165) is 50.7 Å². The summed E-state index contributed by atoms with van der Waals surface area (Å²) in [5, 5.41) is 23.5. The first-order valence-corrected chi connectivity index (χ1v) is 16.6. The van der Waals surface area contributed by atoms with E-state index in [1.165, 1.54) is 0 Å². The van der Waals surface area contributed by atoms with E-state index in [9.17, 15) is 19.2 Å². The standard InChI is InChI=1S/C37H56N2O8/c1-3-5-6-7-8-9-10-11-12-13-14-15-16-17-18-19-20-21-22-26-34(42)38-33(39-35(43)28-29-36(44)46-4-2)25-23-24-27-37(45)47-32(30-40)31-41/h5-6,8-9,11-12,14-15,17-18,20-21,28-29,32-33,40-41H,3-4,7,10,13,16,19,22-27,30-31H2,1-2H3,(H,38,42)(H,39,43)/b6-5-,9-8?,12-11-,15-14-,18-17-,21-20-,29-28+/t33-/m0/s1. The van der Waals surface area contributed by atoms with Crippen molar-refractivity contribution >= 4 is 23.8 Å². The number of hydrogen-bond donors (Lipinski definition) is 4. The monoisotopic (exact) mass is 656 g/mol. The smallest absolute Gasteiger partial charge is 0.330 e. The minimum Gasteiger partial charge on any atom is -0.463 e. The topological polar surface area (TPSA) is 151 Å². The minimum absolute atomic E-state index is 0.0521. The van der Waals surface area contributed by atoms with E-state index in [4.69, 9.17) is 19.7 Å². The molecule has 10 nitrogen and oxygen atoms in total. The largest absolute Gasteiger partial charge is 0.463 e. The van der Waals surface area contributed by atoms with Crippen molar-refractivity contribution < 1.29 is 38.9 Å². The highest BCUT2D eigenvalue weighted by Crippen LogP contribution is 2.06. The zero-order chi connectivity index (χ0) is 34.8. The Bertz CT molecular complexity index is 1070. The van der Waals surface area contributed by atoms with Crippen LogP contribution in [0.4, 0.5) is 0 Å². The first-order chi connectivity index (χ1) is 22.9. The third kappa shape index (κ3) is 29.1. The summed E-state index contributed by atoms with van der Waals surface area (Å²) in [6.45, 7) is 3.02. The number of aliphatic hydroxyl groups excluding tert-OH is 2. The number of allylic oxidation sites excluding steroid dienone is 12. The van der Waals surface area contributed by atoms with Crippen LogP contribution in [0.15, 0.2) is 85.1 Å². The van der Waals surface area contributed by atoms with Gasteiger partial charge in [-0.1, -0.05) is 79.8 Å². The number of carbonyl (C=O) groups excluding carboxylic acids is 4. The van der Waals surface area contributed by atoms with Crippen molar-refractivity contribution in [2.75, 3.05) is 19.8 Å². The van der Waals surface area contributed by atoms with Crippen LogP contribution >= 0.6 is 0 Å². The molecule has 0 heterocycles. The maximum absolute atomic E-state index is 12.6. The molecule has 0 rings (SSSR count). The first kappa shape index (κ1) is 43.0. The van der Waals surface area contributed by atoms with Crippen molar-refractivity contribution in [3.63, 3.8) is 0 Å². The van der Waals surface area contributed by atoms with Crippen LogP contribution in [-0.4, -0.2) is 66.1 Å². The second kappa shape index (κ2) is 31.9. The molecule has 0 unspecified atom stereocenters. The van der Waals surface area contributed by atoms with Crippen molar-refractivity contribution in [2.24, 2.45) is 0 Å². The van der Waals surface area contributed by atoms with Crippen LogP contribution in [0.1, 0.15) is 90.9 Å². The third-order valence-electron chi connectivity index (χ3n) is 6.27. The lowest BCUT2D eigenvalue weighted by atomic mass is 10.1. The van der Waals surface area contributed by atoms with Gasteiger partial charge in [-0.15, -0.1) is 0 Å². The summed E-state index contributed by atoms with van der Waals surface area (Å²) in [5.41, 5.74) is 0. The molecule has 0 spiro atoms. The molecule has 0 saturated heterocycles. The highest BCUT2D eigenvalue weighted by Gasteiger charge is 2.16. The number of ether oxygens (including phenoxy) is 2. The zero-order valence-corrected chi connectivity index (χ0v) is 28.2. The fourth-order valence-corrected chi connectivity index (χ4v) is 3.85. The van der Waals surface area contributed by atoms with Crippen LogP contribution in [0.3, 0.4) is 0 Å². The van der Waals surface area contributed by atoms with Crippen LogP contribution in [0.25, 0.3) is 0 Å². The molecule has 0 radical (unpaired) electrons. The van der Waals surface area contributed by atoms with Gasteiger partial charge in [0.2, 0.25) is 11.8 Å². The van der Waals surface area contributed by atoms with E-state index < -0.39 is 43.3 Å². The molecule has 0 fully saturated rings. The van der Waals surface area contributed by atoms with E-state index in [1.807, 2.05) is 12.2 Å². The van der Waals surface area contributed by atoms with Gasteiger partial charge in [0, 0.05) is 25.0 Å². The number of unbranched alkanes of at least 4 members (excludes halogenated alkanes) is 1. The Morgan fingerprint density at radius 2 is 1.19 bits per heavy atom. The summed E-state index contributed by atoms with van der Waals surface area (Å²) in [5.74, 6) is -2.04. The van der Waals surface area contributed by atoms with Crippen LogP contribution in [0, 0.1) is 0 Å². The van der Waals surface area contributed by atoms with E-state index >= 15 is 0 Å². The lowest BCUT2D eigenvalue weighted by Crippen LogP contribution is -2.47. The lowest BCUT2D eigenvalue weighted by Gasteiger charge is -2.19. The highest BCUT2D eigenvalue weighted by atomic mass is 16.6. The van der Waals surface area contributed by atoms with Gasteiger partial charge in [-0.05, 0) is 71.1 Å². The van der Waals surface area contributed by atoms with Gasteiger partial charge < -0.3 is 30.3 Å². The Morgan fingerprint density at radius 3 is 1.70 bits per heavy atom. The van der Waals surface area contributed by atoms with Crippen LogP contribution in [-0.2, 0) is 28.7 Å². The summed E-state index contributed by atoms with van der Waals surface area (Å²) in [6.07, 6.45) is 33.4. The molecule has 0 aromatic heterocycles. The second-order valence-corrected chi connectivity index (χ2v) is 10.4. The zero-order valence-electron chi connectivity index (χ0n) is 28.2. The molecule has 0 aromatic rings. The number of rotatable bonds is 27. The van der Waals surface area contributed by atoms with Crippen molar-refractivity contribution in [3.05, 3.63) is 85.1 Å². The Morgan fingerprint density at radius 1 is 0.660 bits per heavy atom. The Labute approximate surface area is 281 Å². The molecular weight excluding hydrogens is 600 g/mol. The van der Waals surface area contributed by atoms with Crippen molar-refractivity contribution in [1.82, 2.24) is 10.6 Å². The molecule has 4 N–H and O–H groups in total. The molecule has 262 valence electrons. The number of esters is 2. The molecular formula is C37H56N2O8. The molecule has 0 aliphatic carbocycles. The number of aliphatic hydroxyl groups is 2. The maximum atomic E-state index is 12.6. The summed E-state index contributed by atoms with van der Waals surface area (Å²) in [4.78, 5) is 48.2. The number of hydrogen-bond acceptors (Lipinski definition) is 8. The van der Waals surface area contributed by atoms with Crippen molar-refractivity contribution in [1.29, 1.82) is 0 Å². The highest BCUT2D eigenvalue weighted by molar-refractivity contribution is 5.94. The third-order valence-corrected chi connectivity index (χ3v) is 6.27. The molecule has 47 heavy (non-hydrogen) atoms. The number of carbonyl (C=O) groups is 4. The fourth-order valence-electron chi connectivity index (χ4n) is 3.85. The molecule has 2 amide bonds. The molecule has 0 saturated carbocycles. The minimum atomic E-state index is -0.957. The van der Waals surface area contributed by atoms with Gasteiger partial charge in [-0.2, -0.15) is 0 Å². The first-order valence-electron chi connectivity index (χ1n) is 16.6. The van der Waals surface area contributed by atoms with E-state index in [-0.39, 0.29) is 25.4 Å². The summed E-state index contributed by atoms with van der Waals surface area (Å²) in [6, 6.07) is 0. The normalized spacial score (nSPS) is 13.0. The van der Waals surface area contributed by atoms with Gasteiger partial charge in [0.1, 0.15) is 12.3 Å². The molecule has 1 atom stereocenters. The van der Waals surface area contributed by atoms with E-state index in [1.54, 1.807) is 6.92 Å². The average molecular weight is 657 g/mol. The average Bonchev–Trinajstić information content (AvgIpc) is 3.05. The van der Waals surface area contributed by atoms with E-state index in [2.05, 4.69) is 78.3 Å². The molecule has 0 aromatic carbocycles. The van der Waals surface area contributed by atoms with Crippen LogP contribution in [0.2, 0.25) is 0 Å². The van der Waals surface area contributed by atoms with Gasteiger partial charge in [0.05, 0.1) is 19.8 Å². The molecule has 0 aliphatic rings. The van der Waals surface area contributed by atoms with Crippen LogP contribution < -0.4 is 10.6 Å².